The van der Waals surface area contributed by atoms with Crippen LogP contribution in [0.1, 0.15) is 0 Å². The maximum absolute atomic E-state index is 12.3. The van der Waals surface area contributed by atoms with E-state index >= 15 is 0 Å². The minimum atomic E-state index is -0.179. The highest BCUT2D eigenvalue weighted by molar-refractivity contribution is 6.33. The first-order chi connectivity index (χ1) is 8.16. The Hall–Kier alpha value is -1.58. The molecule has 17 heavy (non-hydrogen) atoms. The highest BCUT2D eigenvalue weighted by Crippen LogP contribution is 2.19. The largest absolute Gasteiger partial charge is 0.281 e. The van der Waals surface area contributed by atoms with Crippen molar-refractivity contribution in [3.05, 3.63) is 57.1 Å². The summed E-state index contributed by atoms with van der Waals surface area (Å²) in [6, 6.07) is 8.46. The molecule has 0 aliphatic rings. The van der Waals surface area contributed by atoms with E-state index in [2.05, 4.69) is 4.98 Å². The molecule has 3 rings (SSSR count). The highest BCUT2D eigenvalue weighted by Gasteiger charge is 2.06. The molecule has 0 aliphatic carbocycles. The van der Waals surface area contributed by atoms with Crippen molar-refractivity contribution in [2.75, 3.05) is 0 Å². The number of halogens is 2. The number of fused-ring (bicyclic) bond motifs is 2. The van der Waals surface area contributed by atoms with Crippen LogP contribution in [0.3, 0.4) is 0 Å². The van der Waals surface area contributed by atoms with Crippen LogP contribution < -0.4 is 5.56 Å². The number of nitrogens with zero attached hydrogens (tertiary/aromatic N) is 2. The predicted molar refractivity (Wildman–Crippen MR) is 69.0 cm³/mol. The summed E-state index contributed by atoms with van der Waals surface area (Å²) in [5.74, 6) is 0. The first-order valence-corrected chi connectivity index (χ1v) is 5.68. The molecule has 0 radical (unpaired) electrons. The summed E-state index contributed by atoms with van der Waals surface area (Å²) in [5.41, 5.74) is 0.944. The topological polar surface area (TPSA) is 34.4 Å². The van der Waals surface area contributed by atoms with Crippen molar-refractivity contribution < 1.29 is 0 Å². The van der Waals surface area contributed by atoms with Gasteiger partial charge < -0.3 is 0 Å². The van der Waals surface area contributed by atoms with Crippen LogP contribution in [-0.2, 0) is 0 Å². The Morgan fingerprint density at radius 1 is 1.18 bits per heavy atom. The van der Waals surface area contributed by atoms with E-state index in [-0.39, 0.29) is 5.56 Å². The number of benzene rings is 1. The van der Waals surface area contributed by atoms with Crippen molar-refractivity contribution in [3.63, 3.8) is 0 Å². The Kier molecular flexibility index (Phi) is 2.31. The zero-order valence-corrected chi connectivity index (χ0v) is 10.0. The van der Waals surface area contributed by atoms with Crippen LogP contribution >= 0.6 is 23.2 Å². The number of hydrogen-bond donors (Lipinski definition) is 0. The average Bonchev–Trinajstić information content (AvgIpc) is 2.76. The SMILES string of the molecule is O=c1c2cc(Cl)ccc2nc(Cl)c2cccn12. The van der Waals surface area contributed by atoms with Crippen LogP contribution in [0.15, 0.2) is 41.3 Å². The molecule has 3 nitrogen and oxygen atoms in total. The summed E-state index contributed by atoms with van der Waals surface area (Å²) < 4.78 is 1.47. The van der Waals surface area contributed by atoms with Crippen LogP contribution in [0.4, 0.5) is 0 Å². The Bertz CT molecular complexity index is 795. The number of rotatable bonds is 0. The Balaban J connectivity index is 2.70. The van der Waals surface area contributed by atoms with Crippen LogP contribution in [0, 0.1) is 0 Å². The Labute approximate surface area is 106 Å². The average molecular weight is 265 g/mol. The lowest BCUT2D eigenvalue weighted by Crippen LogP contribution is -2.08. The van der Waals surface area contributed by atoms with Gasteiger partial charge in [-0.15, -0.1) is 0 Å². The molecule has 2 heterocycles. The molecule has 0 saturated heterocycles. The fraction of sp³-hybridized carbons (Fsp3) is 0. The van der Waals surface area contributed by atoms with E-state index in [0.29, 0.717) is 26.6 Å². The van der Waals surface area contributed by atoms with Gasteiger partial charge in [0, 0.05) is 11.2 Å². The molecule has 1 aromatic carbocycles. The quantitative estimate of drug-likeness (QED) is 0.625. The van der Waals surface area contributed by atoms with Gasteiger partial charge >= 0.3 is 0 Å². The minimum Gasteiger partial charge on any atom is -0.281 e. The third-order valence-electron chi connectivity index (χ3n) is 2.59. The van der Waals surface area contributed by atoms with Gasteiger partial charge in [-0.05, 0) is 30.3 Å². The summed E-state index contributed by atoms with van der Waals surface area (Å²) in [6.07, 6.45) is 1.66. The predicted octanol–water partition coefficient (Wildman–Crippen LogP) is 3.15. The summed E-state index contributed by atoms with van der Waals surface area (Å²) in [7, 11) is 0. The molecule has 2 aromatic heterocycles. The Morgan fingerprint density at radius 2 is 2.00 bits per heavy atom. The molecule has 0 saturated carbocycles. The molecule has 0 spiro atoms. The van der Waals surface area contributed by atoms with Crippen LogP contribution in [0.25, 0.3) is 16.4 Å². The van der Waals surface area contributed by atoms with Gasteiger partial charge in [0.15, 0.2) is 5.15 Å². The second-order valence-electron chi connectivity index (χ2n) is 3.63. The summed E-state index contributed by atoms with van der Waals surface area (Å²) >= 11 is 12.0. The monoisotopic (exact) mass is 264 g/mol. The van der Waals surface area contributed by atoms with Gasteiger partial charge in [-0.2, -0.15) is 0 Å². The molecule has 0 atom stereocenters. The first kappa shape index (κ1) is 10.6. The van der Waals surface area contributed by atoms with E-state index in [1.165, 1.54) is 4.40 Å². The molecule has 84 valence electrons. The normalized spacial score (nSPS) is 11.2. The maximum atomic E-state index is 12.3. The van der Waals surface area contributed by atoms with Crippen LogP contribution in [0.2, 0.25) is 10.2 Å². The van der Waals surface area contributed by atoms with Crippen LogP contribution in [-0.4, -0.2) is 9.38 Å². The van der Waals surface area contributed by atoms with Crippen molar-refractivity contribution in [2.24, 2.45) is 0 Å². The Morgan fingerprint density at radius 3 is 2.82 bits per heavy atom. The maximum Gasteiger partial charge on any atom is 0.264 e. The molecule has 0 aliphatic heterocycles. The molecule has 0 bridgehead atoms. The molecule has 3 aromatic rings. The third-order valence-corrected chi connectivity index (χ3v) is 3.10. The highest BCUT2D eigenvalue weighted by atomic mass is 35.5. The van der Waals surface area contributed by atoms with Crippen molar-refractivity contribution in [1.82, 2.24) is 9.38 Å². The van der Waals surface area contributed by atoms with Crippen molar-refractivity contribution in [3.8, 4) is 0 Å². The molecule has 0 unspecified atom stereocenters. The van der Waals surface area contributed by atoms with Crippen LogP contribution in [0.5, 0.6) is 0 Å². The lowest BCUT2D eigenvalue weighted by molar-refractivity contribution is 1.15. The van der Waals surface area contributed by atoms with Crippen molar-refractivity contribution in [2.45, 2.75) is 0 Å². The lowest BCUT2D eigenvalue weighted by atomic mass is 10.2. The lowest BCUT2D eigenvalue weighted by Gasteiger charge is -1.91. The summed E-state index contributed by atoms with van der Waals surface area (Å²) in [5, 5.41) is 1.24. The van der Waals surface area contributed by atoms with Crippen molar-refractivity contribution >= 4 is 39.6 Å². The number of aromatic nitrogens is 2. The van der Waals surface area contributed by atoms with E-state index in [0.717, 1.165) is 0 Å². The number of hydrogen-bond acceptors (Lipinski definition) is 2. The van der Waals surface area contributed by atoms with Gasteiger partial charge in [0.05, 0.1) is 16.4 Å². The second kappa shape index (κ2) is 3.72. The fourth-order valence-corrected chi connectivity index (χ4v) is 2.21. The van der Waals surface area contributed by atoms with E-state index in [1.807, 2.05) is 0 Å². The summed E-state index contributed by atoms with van der Waals surface area (Å²) in [4.78, 5) is 16.5. The molecule has 0 N–H and O–H groups in total. The van der Waals surface area contributed by atoms with Gasteiger partial charge in [-0.3, -0.25) is 9.20 Å². The van der Waals surface area contributed by atoms with E-state index in [4.69, 9.17) is 23.2 Å². The summed E-state index contributed by atoms with van der Waals surface area (Å²) in [6.45, 7) is 0. The molecule has 0 fully saturated rings. The van der Waals surface area contributed by atoms with Crippen molar-refractivity contribution in [1.29, 1.82) is 0 Å². The zero-order valence-electron chi connectivity index (χ0n) is 8.52. The molecular weight excluding hydrogens is 259 g/mol. The second-order valence-corrected chi connectivity index (χ2v) is 4.43. The van der Waals surface area contributed by atoms with E-state index in [9.17, 15) is 4.79 Å². The molecular formula is C12H6Cl2N2O. The van der Waals surface area contributed by atoms with Gasteiger partial charge in [0.2, 0.25) is 0 Å². The minimum absolute atomic E-state index is 0.179. The van der Waals surface area contributed by atoms with Gasteiger partial charge in [-0.25, -0.2) is 4.98 Å². The van der Waals surface area contributed by atoms with E-state index in [1.54, 1.807) is 36.5 Å². The van der Waals surface area contributed by atoms with E-state index < -0.39 is 0 Å². The van der Waals surface area contributed by atoms with Gasteiger partial charge in [-0.1, -0.05) is 23.2 Å². The fourth-order valence-electron chi connectivity index (χ4n) is 1.80. The third kappa shape index (κ3) is 1.59. The molecule has 0 amide bonds. The van der Waals surface area contributed by atoms with Gasteiger partial charge in [0.25, 0.3) is 5.56 Å². The first-order valence-electron chi connectivity index (χ1n) is 4.93. The molecule has 5 heteroatoms. The zero-order chi connectivity index (χ0) is 12.0. The van der Waals surface area contributed by atoms with Gasteiger partial charge in [0.1, 0.15) is 0 Å². The smallest absolute Gasteiger partial charge is 0.264 e. The standard InChI is InChI=1S/C12H6Cl2N2O/c13-7-3-4-9-8(6-7)12(17)16-5-1-2-10(16)11(14)15-9/h1-6H.